The van der Waals surface area contributed by atoms with Gasteiger partial charge in [0.1, 0.15) is 6.10 Å². The number of ether oxygens (including phenoxy) is 1. The van der Waals surface area contributed by atoms with Gasteiger partial charge < -0.3 is 15.0 Å². The maximum absolute atomic E-state index is 5.98. The van der Waals surface area contributed by atoms with Crippen LogP contribution in [0.4, 0.5) is 0 Å². The van der Waals surface area contributed by atoms with Crippen LogP contribution in [-0.4, -0.2) is 77.0 Å². The maximum atomic E-state index is 5.98. The number of nitrogens with one attached hydrogen (secondary N) is 1. The summed E-state index contributed by atoms with van der Waals surface area (Å²) in [6.07, 6.45) is 7.98. The van der Waals surface area contributed by atoms with Gasteiger partial charge in [-0.15, -0.1) is 24.0 Å². The molecule has 2 aliphatic rings. The molecule has 2 saturated heterocycles. The summed E-state index contributed by atoms with van der Waals surface area (Å²) in [6, 6.07) is 1.15. The Bertz CT molecular complexity index is 622. The van der Waals surface area contributed by atoms with Crippen molar-refractivity contribution in [3.63, 3.8) is 0 Å². The van der Waals surface area contributed by atoms with Gasteiger partial charge in [0, 0.05) is 44.0 Å². The van der Waals surface area contributed by atoms with Gasteiger partial charge in [0.05, 0.1) is 25.9 Å². The standard InChI is InChI=1S/C20H36N6O.HI/c1-5-21-20(22-12-17(3)26-9-7-6-8-16(26)2)25-10-11-27-19(15-25)18-13-23-24(4)14-18;/h13-14,16-17,19H,5-12,15H2,1-4H3,(H,21,22);1H. The molecule has 8 heteroatoms. The topological polar surface area (TPSA) is 57.9 Å². The second kappa shape index (κ2) is 11.3. The number of nitrogens with zero attached hydrogens (tertiary/aromatic N) is 5. The van der Waals surface area contributed by atoms with Gasteiger partial charge in [0.2, 0.25) is 0 Å². The quantitative estimate of drug-likeness (QED) is 0.380. The minimum atomic E-state index is 0. The molecule has 0 aromatic carbocycles. The number of morpholine rings is 1. The van der Waals surface area contributed by atoms with Crippen LogP contribution in [0.1, 0.15) is 51.7 Å². The minimum absolute atomic E-state index is 0. The van der Waals surface area contributed by atoms with Gasteiger partial charge in [-0.1, -0.05) is 6.42 Å². The number of rotatable bonds is 5. The lowest BCUT2D eigenvalue weighted by Crippen LogP contribution is -2.49. The average molecular weight is 504 g/mol. The molecule has 3 unspecified atom stereocenters. The number of hydrogen-bond donors (Lipinski definition) is 1. The Hall–Kier alpha value is -0.870. The number of halogens is 1. The van der Waals surface area contributed by atoms with Crippen molar-refractivity contribution < 1.29 is 4.74 Å². The Morgan fingerprint density at radius 2 is 2.21 bits per heavy atom. The molecule has 0 radical (unpaired) electrons. The third-order valence-corrected chi connectivity index (χ3v) is 5.72. The fourth-order valence-electron chi connectivity index (χ4n) is 4.17. The van der Waals surface area contributed by atoms with Gasteiger partial charge in [0.15, 0.2) is 5.96 Å². The van der Waals surface area contributed by atoms with E-state index in [1.54, 1.807) is 0 Å². The smallest absolute Gasteiger partial charge is 0.194 e. The van der Waals surface area contributed by atoms with E-state index in [4.69, 9.17) is 9.73 Å². The molecule has 1 aromatic rings. The molecular weight excluding hydrogens is 467 g/mol. The van der Waals surface area contributed by atoms with Gasteiger partial charge in [-0.3, -0.25) is 14.6 Å². The van der Waals surface area contributed by atoms with Crippen molar-refractivity contribution in [2.75, 3.05) is 39.3 Å². The molecule has 7 nitrogen and oxygen atoms in total. The van der Waals surface area contributed by atoms with Crippen molar-refractivity contribution in [1.29, 1.82) is 0 Å². The summed E-state index contributed by atoms with van der Waals surface area (Å²) in [5.41, 5.74) is 1.13. The molecule has 0 amide bonds. The Labute approximate surface area is 186 Å². The monoisotopic (exact) mass is 504 g/mol. The number of hydrogen-bond acceptors (Lipinski definition) is 4. The summed E-state index contributed by atoms with van der Waals surface area (Å²) in [5, 5.41) is 7.76. The van der Waals surface area contributed by atoms with Crippen molar-refractivity contribution in [3.8, 4) is 0 Å². The van der Waals surface area contributed by atoms with Crippen LogP contribution >= 0.6 is 24.0 Å². The number of piperidine rings is 1. The molecule has 160 valence electrons. The van der Waals surface area contributed by atoms with Gasteiger partial charge in [-0.05, 0) is 40.2 Å². The van der Waals surface area contributed by atoms with E-state index in [-0.39, 0.29) is 30.1 Å². The van der Waals surface area contributed by atoms with E-state index in [2.05, 4.69) is 41.0 Å². The number of aromatic nitrogens is 2. The fourth-order valence-corrected chi connectivity index (χ4v) is 4.17. The van der Waals surface area contributed by atoms with Crippen molar-refractivity contribution in [2.24, 2.45) is 12.0 Å². The van der Waals surface area contributed by atoms with Crippen LogP contribution in [0.5, 0.6) is 0 Å². The summed E-state index contributed by atoms with van der Waals surface area (Å²) < 4.78 is 7.82. The van der Waals surface area contributed by atoms with E-state index in [1.807, 2.05) is 24.1 Å². The average Bonchev–Trinajstić information content (AvgIpc) is 3.12. The van der Waals surface area contributed by atoms with Crippen LogP contribution in [0.2, 0.25) is 0 Å². The van der Waals surface area contributed by atoms with Crippen LogP contribution < -0.4 is 5.32 Å². The molecule has 0 saturated carbocycles. The number of aryl methyl sites for hydroxylation is 1. The SMILES string of the molecule is CCNC(=NCC(C)N1CCCCC1C)N1CCOC(c2cnn(C)c2)C1.I. The minimum Gasteiger partial charge on any atom is -0.370 e. The highest BCUT2D eigenvalue weighted by molar-refractivity contribution is 14.0. The van der Waals surface area contributed by atoms with Gasteiger partial charge >= 0.3 is 0 Å². The van der Waals surface area contributed by atoms with Crippen LogP contribution in [-0.2, 0) is 11.8 Å². The lowest BCUT2D eigenvalue weighted by Gasteiger charge is -2.38. The van der Waals surface area contributed by atoms with E-state index < -0.39 is 0 Å². The molecule has 3 atom stereocenters. The second-order valence-corrected chi connectivity index (χ2v) is 7.88. The van der Waals surface area contributed by atoms with Crippen molar-refractivity contribution in [3.05, 3.63) is 18.0 Å². The molecule has 0 bridgehead atoms. The zero-order chi connectivity index (χ0) is 19.2. The zero-order valence-corrected chi connectivity index (χ0v) is 20.1. The first kappa shape index (κ1) is 23.4. The highest BCUT2D eigenvalue weighted by atomic mass is 127. The summed E-state index contributed by atoms with van der Waals surface area (Å²) in [5.74, 6) is 1.01. The summed E-state index contributed by atoms with van der Waals surface area (Å²) >= 11 is 0. The first-order valence-electron chi connectivity index (χ1n) is 10.5. The third-order valence-electron chi connectivity index (χ3n) is 5.72. The molecule has 28 heavy (non-hydrogen) atoms. The molecular formula is C20H37IN6O. The molecule has 1 aromatic heterocycles. The second-order valence-electron chi connectivity index (χ2n) is 7.88. The fraction of sp³-hybridized carbons (Fsp3) is 0.800. The van der Waals surface area contributed by atoms with Gasteiger partial charge in [-0.2, -0.15) is 5.10 Å². The van der Waals surface area contributed by atoms with Crippen LogP contribution in [0.3, 0.4) is 0 Å². The van der Waals surface area contributed by atoms with E-state index in [9.17, 15) is 0 Å². The molecule has 0 aliphatic carbocycles. The predicted octanol–water partition coefficient (Wildman–Crippen LogP) is 2.64. The first-order chi connectivity index (χ1) is 13.1. The van der Waals surface area contributed by atoms with Crippen molar-refractivity contribution in [1.82, 2.24) is 24.9 Å². The Morgan fingerprint density at radius 3 is 2.89 bits per heavy atom. The van der Waals surface area contributed by atoms with Crippen LogP contribution in [0.25, 0.3) is 0 Å². The Morgan fingerprint density at radius 1 is 1.39 bits per heavy atom. The molecule has 1 N–H and O–H groups in total. The van der Waals surface area contributed by atoms with Crippen molar-refractivity contribution >= 4 is 29.9 Å². The number of aliphatic imine (C=N–C) groups is 1. The van der Waals surface area contributed by atoms with E-state index in [0.717, 1.165) is 37.7 Å². The Kier molecular flexibility index (Phi) is 9.49. The highest BCUT2D eigenvalue weighted by Gasteiger charge is 2.26. The number of likely N-dealkylation sites (tertiary alicyclic amines) is 1. The first-order valence-corrected chi connectivity index (χ1v) is 10.5. The van der Waals surface area contributed by atoms with E-state index in [1.165, 1.54) is 25.8 Å². The molecule has 3 rings (SSSR count). The molecule has 3 heterocycles. The maximum Gasteiger partial charge on any atom is 0.194 e. The Balaban J connectivity index is 0.00000280. The normalized spacial score (nSPS) is 25.3. The van der Waals surface area contributed by atoms with Gasteiger partial charge in [0.25, 0.3) is 0 Å². The summed E-state index contributed by atoms with van der Waals surface area (Å²) in [7, 11) is 1.94. The molecule has 2 fully saturated rings. The lowest BCUT2D eigenvalue weighted by molar-refractivity contribution is -0.00810. The zero-order valence-electron chi connectivity index (χ0n) is 17.8. The summed E-state index contributed by atoms with van der Waals surface area (Å²) in [6.45, 7) is 12.1. The molecule has 2 aliphatic heterocycles. The third kappa shape index (κ3) is 6.06. The largest absolute Gasteiger partial charge is 0.370 e. The van der Waals surface area contributed by atoms with Gasteiger partial charge in [-0.25, -0.2) is 0 Å². The summed E-state index contributed by atoms with van der Waals surface area (Å²) in [4.78, 5) is 9.94. The van der Waals surface area contributed by atoms with Crippen molar-refractivity contribution in [2.45, 2.75) is 58.2 Å². The van der Waals surface area contributed by atoms with Crippen LogP contribution in [0.15, 0.2) is 17.4 Å². The predicted molar refractivity (Wildman–Crippen MR) is 124 cm³/mol. The molecule has 0 spiro atoms. The van der Waals surface area contributed by atoms with E-state index in [0.29, 0.717) is 18.7 Å². The highest BCUT2D eigenvalue weighted by Crippen LogP contribution is 2.22. The number of guanidine groups is 1. The van der Waals surface area contributed by atoms with E-state index >= 15 is 0 Å². The van der Waals surface area contributed by atoms with Crippen LogP contribution in [0, 0.1) is 0 Å². The lowest BCUT2D eigenvalue weighted by atomic mass is 10.0.